The van der Waals surface area contributed by atoms with E-state index in [0.717, 1.165) is 11.3 Å². The summed E-state index contributed by atoms with van der Waals surface area (Å²) in [6, 6.07) is 8.05. The van der Waals surface area contributed by atoms with Crippen LogP contribution in [-0.2, 0) is 22.4 Å². The summed E-state index contributed by atoms with van der Waals surface area (Å²) in [5, 5.41) is 24.1. The number of carboxylic acids is 2. The van der Waals surface area contributed by atoms with Gasteiger partial charge in [-0.3, -0.25) is 14.9 Å². The number of aliphatic carboxylic acids is 2. The molecule has 0 fully saturated rings. The zero-order chi connectivity index (χ0) is 19.1. The molecule has 140 valence electrons. The van der Waals surface area contributed by atoms with Crippen molar-refractivity contribution >= 4 is 23.3 Å². The Kier molecular flexibility index (Phi) is 7.29. The van der Waals surface area contributed by atoms with Crippen LogP contribution < -0.4 is 5.32 Å². The maximum Gasteiger partial charge on any atom is 0.321 e. The molecule has 26 heavy (non-hydrogen) atoms. The van der Waals surface area contributed by atoms with Gasteiger partial charge in [0.25, 0.3) is 0 Å². The molecule has 2 atom stereocenters. The molecule has 0 aliphatic carbocycles. The van der Waals surface area contributed by atoms with Crippen LogP contribution in [0.3, 0.4) is 0 Å². The minimum Gasteiger partial charge on any atom is -0.480 e. The van der Waals surface area contributed by atoms with E-state index in [0.29, 0.717) is 17.8 Å². The average molecular weight is 376 g/mol. The van der Waals surface area contributed by atoms with Gasteiger partial charge in [0, 0.05) is 18.2 Å². The van der Waals surface area contributed by atoms with Crippen LogP contribution in [0.5, 0.6) is 0 Å². The zero-order valence-corrected chi connectivity index (χ0v) is 15.7. The SMILES string of the molecule is CC(C)CC(NC(Cc1nc(Cc2ccccc2)cs1)C(=O)O)C(=O)O. The Labute approximate surface area is 156 Å². The third-order valence-corrected chi connectivity index (χ3v) is 4.83. The summed E-state index contributed by atoms with van der Waals surface area (Å²) in [7, 11) is 0. The molecule has 1 heterocycles. The van der Waals surface area contributed by atoms with Crippen LogP contribution >= 0.6 is 11.3 Å². The first-order chi connectivity index (χ1) is 12.3. The standard InChI is InChI=1S/C19H24N2O4S/c1-12(2)8-15(18(22)23)21-16(19(24)25)10-17-20-14(11-26-17)9-13-6-4-3-5-7-13/h3-7,11-12,15-16,21H,8-10H2,1-2H3,(H,22,23)(H,24,25). The highest BCUT2D eigenvalue weighted by Crippen LogP contribution is 2.16. The maximum absolute atomic E-state index is 11.6. The molecule has 2 rings (SSSR count). The molecular weight excluding hydrogens is 352 g/mol. The lowest BCUT2D eigenvalue weighted by atomic mass is 10.0. The first-order valence-electron chi connectivity index (χ1n) is 8.54. The lowest BCUT2D eigenvalue weighted by Gasteiger charge is -2.21. The largest absolute Gasteiger partial charge is 0.480 e. The highest BCUT2D eigenvalue weighted by atomic mass is 32.1. The fraction of sp³-hybridized carbons (Fsp3) is 0.421. The highest BCUT2D eigenvalue weighted by molar-refractivity contribution is 7.09. The number of carbonyl (C=O) groups is 2. The van der Waals surface area contributed by atoms with Crippen molar-refractivity contribution in [2.45, 2.75) is 45.2 Å². The van der Waals surface area contributed by atoms with E-state index in [4.69, 9.17) is 0 Å². The molecule has 1 aromatic carbocycles. The smallest absolute Gasteiger partial charge is 0.321 e. The maximum atomic E-state index is 11.6. The number of aromatic nitrogens is 1. The molecule has 0 saturated heterocycles. The molecular formula is C19H24N2O4S. The van der Waals surface area contributed by atoms with Gasteiger partial charge in [0.1, 0.15) is 12.1 Å². The number of rotatable bonds is 10. The number of hydrogen-bond acceptors (Lipinski definition) is 5. The van der Waals surface area contributed by atoms with Gasteiger partial charge in [0.2, 0.25) is 0 Å². The predicted molar refractivity (Wildman–Crippen MR) is 101 cm³/mol. The molecule has 0 radical (unpaired) electrons. The van der Waals surface area contributed by atoms with Crippen molar-refractivity contribution in [2.24, 2.45) is 5.92 Å². The van der Waals surface area contributed by atoms with E-state index in [1.165, 1.54) is 11.3 Å². The summed E-state index contributed by atoms with van der Waals surface area (Å²) < 4.78 is 0. The van der Waals surface area contributed by atoms with Gasteiger partial charge in [0.05, 0.1) is 10.7 Å². The fourth-order valence-electron chi connectivity index (χ4n) is 2.68. The molecule has 0 aliphatic heterocycles. The van der Waals surface area contributed by atoms with E-state index in [2.05, 4.69) is 10.3 Å². The van der Waals surface area contributed by atoms with Crippen molar-refractivity contribution in [3.8, 4) is 0 Å². The quantitative estimate of drug-likeness (QED) is 0.590. The second-order valence-electron chi connectivity index (χ2n) is 6.68. The number of nitrogens with zero attached hydrogens (tertiary/aromatic N) is 1. The minimum absolute atomic E-state index is 0.149. The summed E-state index contributed by atoms with van der Waals surface area (Å²) >= 11 is 1.40. The van der Waals surface area contributed by atoms with Crippen LogP contribution in [0, 0.1) is 5.92 Å². The first-order valence-corrected chi connectivity index (χ1v) is 9.42. The molecule has 2 aromatic rings. The van der Waals surface area contributed by atoms with Gasteiger partial charge < -0.3 is 10.2 Å². The van der Waals surface area contributed by atoms with Crippen molar-refractivity contribution in [3.05, 3.63) is 52.0 Å². The second-order valence-corrected chi connectivity index (χ2v) is 7.62. The molecule has 3 N–H and O–H groups in total. The molecule has 2 unspecified atom stereocenters. The molecule has 6 nitrogen and oxygen atoms in total. The summed E-state index contributed by atoms with van der Waals surface area (Å²) in [5.74, 6) is -1.95. The van der Waals surface area contributed by atoms with Gasteiger partial charge in [-0.25, -0.2) is 4.98 Å². The lowest BCUT2D eigenvalue weighted by molar-refractivity contribution is -0.142. The predicted octanol–water partition coefficient (Wildman–Crippen LogP) is 2.82. The number of carboxylic acid groups (broad SMARTS) is 2. The minimum atomic E-state index is -1.07. The van der Waals surface area contributed by atoms with Crippen LogP contribution in [-0.4, -0.2) is 39.2 Å². The molecule has 0 spiro atoms. The Hall–Kier alpha value is -2.25. The van der Waals surface area contributed by atoms with Gasteiger partial charge in [0.15, 0.2) is 0 Å². The lowest BCUT2D eigenvalue weighted by Crippen LogP contribution is -2.48. The molecule has 1 aromatic heterocycles. The zero-order valence-electron chi connectivity index (χ0n) is 14.9. The topological polar surface area (TPSA) is 99.5 Å². The van der Waals surface area contributed by atoms with Crippen LogP contribution in [0.15, 0.2) is 35.7 Å². The number of benzene rings is 1. The van der Waals surface area contributed by atoms with Crippen molar-refractivity contribution < 1.29 is 19.8 Å². The highest BCUT2D eigenvalue weighted by Gasteiger charge is 2.27. The van der Waals surface area contributed by atoms with Crippen LogP contribution in [0.25, 0.3) is 0 Å². The Balaban J connectivity index is 2.03. The molecule has 0 aliphatic rings. The van der Waals surface area contributed by atoms with Gasteiger partial charge >= 0.3 is 11.9 Å². The molecule has 0 saturated carbocycles. The fourth-order valence-corrected chi connectivity index (χ4v) is 3.52. The van der Waals surface area contributed by atoms with E-state index >= 15 is 0 Å². The summed E-state index contributed by atoms with van der Waals surface area (Å²) in [4.78, 5) is 27.5. The normalized spacial score (nSPS) is 13.5. The first kappa shape index (κ1) is 20.1. The number of hydrogen-bond donors (Lipinski definition) is 3. The summed E-state index contributed by atoms with van der Waals surface area (Å²) in [5.41, 5.74) is 2.03. The average Bonchev–Trinajstić information content (AvgIpc) is 3.00. The van der Waals surface area contributed by atoms with E-state index in [1.54, 1.807) is 0 Å². The van der Waals surface area contributed by atoms with Crippen LogP contribution in [0.1, 0.15) is 36.5 Å². The van der Waals surface area contributed by atoms with Crippen molar-refractivity contribution in [3.63, 3.8) is 0 Å². The third kappa shape index (κ3) is 6.24. The van der Waals surface area contributed by atoms with E-state index in [1.807, 2.05) is 49.6 Å². The number of thiazole rings is 1. The molecule has 0 bridgehead atoms. The van der Waals surface area contributed by atoms with Gasteiger partial charge in [-0.15, -0.1) is 11.3 Å². The van der Waals surface area contributed by atoms with E-state index in [-0.39, 0.29) is 12.3 Å². The van der Waals surface area contributed by atoms with E-state index in [9.17, 15) is 19.8 Å². The summed E-state index contributed by atoms with van der Waals surface area (Å²) in [6.07, 6.45) is 1.22. The Morgan fingerprint density at radius 2 is 1.77 bits per heavy atom. The third-order valence-electron chi connectivity index (χ3n) is 3.91. The van der Waals surface area contributed by atoms with Crippen molar-refractivity contribution in [1.82, 2.24) is 10.3 Å². The second kappa shape index (κ2) is 9.45. The molecule has 0 amide bonds. The monoisotopic (exact) mass is 376 g/mol. The van der Waals surface area contributed by atoms with Crippen LogP contribution in [0.2, 0.25) is 0 Å². The Morgan fingerprint density at radius 1 is 1.12 bits per heavy atom. The Bertz CT molecular complexity index is 730. The van der Waals surface area contributed by atoms with Crippen LogP contribution in [0.4, 0.5) is 0 Å². The van der Waals surface area contributed by atoms with Crippen molar-refractivity contribution in [2.75, 3.05) is 0 Å². The van der Waals surface area contributed by atoms with Gasteiger partial charge in [-0.1, -0.05) is 44.2 Å². The van der Waals surface area contributed by atoms with Gasteiger partial charge in [-0.2, -0.15) is 0 Å². The number of nitrogens with one attached hydrogen (secondary N) is 1. The van der Waals surface area contributed by atoms with E-state index < -0.39 is 24.0 Å². The Morgan fingerprint density at radius 3 is 2.35 bits per heavy atom. The molecule has 7 heteroatoms. The van der Waals surface area contributed by atoms with Crippen molar-refractivity contribution in [1.29, 1.82) is 0 Å². The summed E-state index contributed by atoms with van der Waals surface area (Å²) in [6.45, 7) is 3.81. The van der Waals surface area contributed by atoms with Gasteiger partial charge in [-0.05, 0) is 17.9 Å².